The third kappa shape index (κ3) is 8.04. The number of ether oxygens (including phenoxy) is 6. The molecule has 3 aromatic carbocycles. The highest BCUT2D eigenvalue weighted by atomic mass is 16.6. The van der Waals surface area contributed by atoms with E-state index in [4.69, 9.17) is 28.4 Å². The molecule has 2 saturated heterocycles. The number of epoxide rings is 2. The Bertz CT molecular complexity index is 1100. The number of hydrogen-bond acceptors (Lipinski definition) is 6. The summed E-state index contributed by atoms with van der Waals surface area (Å²) in [6.07, 6.45) is 2.63. The molecule has 2 aliphatic heterocycles. The predicted molar refractivity (Wildman–Crippen MR) is 143 cm³/mol. The van der Waals surface area contributed by atoms with Crippen molar-refractivity contribution in [3.05, 3.63) is 72.3 Å². The molecule has 0 aromatic heterocycles. The maximum Gasteiger partial charge on any atom is 0.122 e. The summed E-state index contributed by atoms with van der Waals surface area (Å²) in [5.41, 5.74) is 5.96. The van der Waals surface area contributed by atoms with E-state index in [0.29, 0.717) is 45.7 Å². The van der Waals surface area contributed by atoms with Crippen LogP contribution < -0.4 is 9.47 Å². The highest BCUT2D eigenvalue weighted by Gasteiger charge is 2.22. The lowest BCUT2D eigenvalue weighted by Gasteiger charge is -2.14. The zero-order chi connectivity index (χ0) is 25.3. The second kappa shape index (κ2) is 13.1. The SMILES string of the molecule is CCCc1cc(-c2ccc(-c3ccc(OCCOCC4CO4)cc3)cc2)ccc1OCCOCC1CO1. The number of aryl methyl sites for hydroxylation is 1. The van der Waals surface area contributed by atoms with Gasteiger partial charge in [0.2, 0.25) is 0 Å². The van der Waals surface area contributed by atoms with E-state index in [1.54, 1.807) is 0 Å². The molecule has 2 aliphatic rings. The average molecular weight is 505 g/mol. The first-order valence-electron chi connectivity index (χ1n) is 13.3. The average Bonchev–Trinajstić information content (AvgIpc) is 3.86. The van der Waals surface area contributed by atoms with Crippen molar-refractivity contribution in [2.75, 3.05) is 52.9 Å². The maximum atomic E-state index is 6.03. The molecular weight excluding hydrogens is 468 g/mol. The third-order valence-corrected chi connectivity index (χ3v) is 6.38. The van der Waals surface area contributed by atoms with E-state index in [2.05, 4.69) is 61.5 Å². The summed E-state index contributed by atoms with van der Waals surface area (Å²) < 4.78 is 33.2. The standard InChI is InChI=1S/C31H36O6/c1-2-3-27-18-26(10-13-31(27)35-17-15-33-20-30-22-37-30)25-6-4-23(5-7-25)24-8-11-28(12-9-24)34-16-14-32-19-29-21-36-29/h4-13,18,29-30H,2-3,14-17,19-22H2,1H3. The van der Waals surface area contributed by atoms with Crippen molar-refractivity contribution >= 4 is 0 Å². The second-order valence-corrected chi connectivity index (χ2v) is 9.43. The molecule has 3 aromatic rings. The Morgan fingerprint density at radius 3 is 1.73 bits per heavy atom. The zero-order valence-electron chi connectivity index (χ0n) is 21.5. The Morgan fingerprint density at radius 2 is 1.16 bits per heavy atom. The molecule has 0 amide bonds. The molecule has 37 heavy (non-hydrogen) atoms. The Balaban J connectivity index is 1.14. The van der Waals surface area contributed by atoms with Crippen molar-refractivity contribution in [2.24, 2.45) is 0 Å². The van der Waals surface area contributed by atoms with Crippen molar-refractivity contribution in [2.45, 2.75) is 32.0 Å². The fraction of sp³-hybridized carbons (Fsp3) is 0.419. The van der Waals surface area contributed by atoms with Crippen molar-refractivity contribution in [3.8, 4) is 33.8 Å². The Morgan fingerprint density at radius 1 is 0.649 bits per heavy atom. The number of hydrogen-bond donors (Lipinski definition) is 0. The van der Waals surface area contributed by atoms with E-state index in [0.717, 1.165) is 43.1 Å². The monoisotopic (exact) mass is 504 g/mol. The molecule has 0 aliphatic carbocycles. The topological polar surface area (TPSA) is 62.0 Å². The van der Waals surface area contributed by atoms with Gasteiger partial charge in [0.1, 0.15) is 36.9 Å². The Hall–Kier alpha value is -2.90. The fourth-order valence-electron chi connectivity index (χ4n) is 4.15. The fourth-order valence-corrected chi connectivity index (χ4v) is 4.15. The minimum Gasteiger partial charge on any atom is -0.491 e. The van der Waals surface area contributed by atoms with Gasteiger partial charge in [-0.15, -0.1) is 0 Å². The summed E-state index contributed by atoms with van der Waals surface area (Å²) in [5.74, 6) is 1.79. The van der Waals surface area contributed by atoms with Crippen LogP contribution in [0.1, 0.15) is 18.9 Å². The van der Waals surface area contributed by atoms with Crippen LogP contribution in [0.15, 0.2) is 66.7 Å². The van der Waals surface area contributed by atoms with E-state index in [9.17, 15) is 0 Å². The number of benzene rings is 3. The quantitative estimate of drug-likeness (QED) is 0.188. The van der Waals surface area contributed by atoms with Gasteiger partial charge in [0, 0.05) is 0 Å². The maximum absolute atomic E-state index is 6.03. The second-order valence-electron chi connectivity index (χ2n) is 9.43. The Kier molecular flexibility index (Phi) is 9.09. The van der Waals surface area contributed by atoms with Crippen LogP contribution in [0.5, 0.6) is 11.5 Å². The van der Waals surface area contributed by atoms with E-state index >= 15 is 0 Å². The summed E-state index contributed by atoms with van der Waals surface area (Å²) in [7, 11) is 0. The van der Waals surface area contributed by atoms with Gasteiger partial charge in [0.25, 0.3) is 0 Å². The molecule has 196 valence electrons. The van der Waals surface area contributed by atoms with Gasteiger partial charge in [-0.3, -0.25) is 0 Å². The first kappa shape index (κ1) is 25.7. The first-order chi connectivity index (χ1) is 18.3. The van der Waals surface area contributed by atoms with Crippen LogP contribution in [-0.4, -0.2) is 65.1 Å². The van der Waals surface area contributed by atoms with Gasteiger partial charge >= 0.3 is 0 Å². The van der Waals surface area contributed by atoms with E-state index < -0.39 is 0 Å². The molecule has 0 bridgehead atoms. The van der Waals surface area contributed by atoms with Crippen molar-refractivity contribution < 1.29 is 28.4 Å². The van der Waals surface area contributed by atoms with Crippen LogP contribution in [0.2, 0.25) is 0 Å². The predicted octanol–water partition coefficient (Wildman–Crippen LogP) is 5.56. The smallest absolute Gasteiger partial charge is 0.122 e. The minimum atomic E-state index is 0.290. The van der Waals surface area contributed by atoms with Crippen LogP contribution in [0.3, 0.4) is 0 Å². The molecule has 2 heterocycles. The molecule has 6 heteroatoms. The summed E-state index contributed by atoms with van der Waals surface area (Å²) in [4.78, 5) is 0. The lowest BCUT2D eigenvalue weighted by atomic mass is 9.97. The molecular formula is C31H36O6. The Labute approximate surface area is 219 Å². The van der Waals surface area contributed by atoms with Crippen LogP contribution in [-0.2, 0) is 25.4 Å². The van der Waals surface area contributed by atoms with Gasteiger partial charge in [-0.05, 0) is 58.5 Å². The molecule has 2 atom stereocenters. The van der Waals surface area contributed by atoms with Crippen LogP contribution in [0.25, 0.3) is 22.3 Å². The molecule has 5 rings (SSSR count). The van der Waals surface area contributed by atoms with Crippen molar-refractivity contribution in [3.63, 3.8) is 0 Å². The summed E-state index contributed by atoms with van der Waals surface area (Å²) in [6, 6.07) is 23.4. The molecule has 6 nitrogen and oxygen atoms in total. The summed E-state index contributed by atoms with van der Waals surface area (Å²) in [6.45, 7) is 7.37. The zero-order valence-corrected chi connectivity index (χ0v) is 21.5. The molecule has 0 saturated carbocycles. The van der Waals surface area contributed by atoms with Gasteiger partial charge < -0.3 is 28.4 Å². The highest BCUT2D eigenvalue weighted by Crippen LogP contribution is 2.30. The van der Waals surface area contributed by atoms with Crippen molar-refractivity contribution in [1.82, 2.24) is 0 Å². The molecule has 2 fully saturated rings. The number of rotatable bonds is 16. The minimum absolute atomic E-state index is 0.290. The van der Waals surface area contributed by atoms with E-state index in [-0.39, 0.29) is 6.10 Å². The molecule has 0 radical (unpaired) electrons. The van der Waals surface area contributed by atoms with Crippen LogP contribution >= 0.6 is 0 Å². The van der Waals surface area contributed by atoms with Crippen molar-refractivity contribution in [1.29, 1.82) is 0 Å². The van der Waals surface area contributed by atoms with Gasteiger partial charge in [-0.25, -0.2) is 0 Å². The molecule has 2 unspecified atom stereocenters. The lowest BCUT2D eigenvalue weighted by Crippen LogP contribution is -2.10. The summed E-state index contributed by atoms with van der Waals surface area (Å²) in [5, 5.41) is 0. The lowest BCUT2D eigenvalue weighted by molar-refractivity contribution is 0.0876. The highest BCUT2D eigenvalue weighted by molar-refractivity contribution is 5.71. The van der Waals surface area contributed by atoms with E-state index in [1.165, 1.54) is 22.3 Å². The van der Waals surface area contributed by atoms with Gasteiger partial charge in [0.05, 0.1) is 39.6 Å². The van der Waals surface area contributed by atoms with Crippen LogP contribution in [0, 0.1) is 0 Å². The van der Waals surface area contributed by atoms with Gasteiger partial charge in [0.15, 0.2) is 0 Å². The molecule has 0 N–H and O–H groups in total. The van der Waals surface area contributed by atoms with E-state index in [1.807, 2.05) is 12.1 Å². The largest absolute Gasteiger partial charge is 0.491 e. The first-order valence-corrected chi connectivity index (χ1v) is 13.3. The third-order valence-electron chi connectivity index (χ3n) is 6.38. The van der Waals surface area contributed by atoms with Gasteiger partial charge in [-0.2, -0.15) is 0 Å². The normalized spacial score (nSPS) is 18.0. The van der Waals surface area contributed by atoms with Gasteiger partial charge in [-0.1, -0.05) is 55.8 Å². The summed E-state index contributed by atoms with van der Waals surface area (Å²) >= 11 is 0. The van der Waals surface area contributed by atoms with Crippen LogP contribution in [0.4, 0.5) is 0 Å². The molecule has 0 spiro atoms.